The van der Waals surface area contributed by atoms with Gasteiger partial charge in [0.2, 0.25) is 0 Å². The lowest BCUT2D eigenvalue weighted by Gasteiger charge is -2.31. The van der Waals surface area contributed by atoms with Crippen molar-refractivity contribution in [2.75, 3.05) is 13.1 Å². The summed E-state index contributed by atoms with van der Waals surface area (Å²) in [6.07, 6.45) is 3.80. The van der Waals surface area contributed by atoms with Crippen molar-refractivity contribution >= 4 is 17.5 Å². The van der Waals surface area contributed by atoms with Crippen LogP contribution in [0.4, 0.5) is 0 Å². The molecule has 1 aliphatic heterocycles. The molecule has 1 amide bonds. The minimum absolute atomic E-state index is 0.0165. The summed E-state index contributed by atoms with van der Waals surface area (Å²) in [5.74, 6) is 1.17. The van der Waals surface area contributed by atoms with Gasteiger partial charge in [-0.05, 0) is 49.9 Å². The number of rotatable bonds is 3. The third kappa shape index (κ3) is 3.11. The lowest BCUT2D eigenvalue weighted by atomic mass is 9.95. The van der Waals surface area contributed by atoms with Crippen LogP contribution in [0.1, 0.15) is 53.8 Å². The highest BCUT2D eigenvalue weighted by Crippen LogP contribution is 2.37. The van der Waals surface area contributed by atoms with E-state index in [1.54, 1.807) is 31.3 Å². The van der Waals surface area contributed by atoms with Gasteiger partial charge in [0.1, 0.15) is 5.82 Å². The highest BCUT2D eigenvalue weighted by molar-refractivity contribution is 6.30. The molecule has 25 heavy (non-hydrogen) atoms. The fraction of sp³-hybridized carbons (Fsp3) is 0.500. The topological polar surface area (TPSA) is 60.1 Å². The first-order chi connectivity index (χ1) is 12.0. The number of halogens is 1. The van der Waals surface area contributed by atoms with Crippen molar-refractivity contribution < 1.29 is 4.79 Å². The molecular weight excluding hydrogens is 340 g/mol. The molecule has 1 saturated heterocycles. The zero-order valence-electron chi connectivity index (χ0n) is 14.2. The lowest BCUT2D eigenvalue weighted by Crippen LogP contribution is -2.38. The third-order valence-corrected chi connectivity index (χ3v) is 5.38. The predicted octanol–water partition coefficient (Wildman–Crippen LogP) is 2.59. The highest BCUT2D eigenvalue weighted by Gasteiger charge is 2.34. The smallest absolute Gasteiger partial charge is 0.339 e. The molecule has 1 aliphatic carbocycles. The molecule has 0 bridgehead atoms. The van der Waals surface area contributed by atoms with Gasteiger partial charge in [0.15, 0.2) is 0 Å². The van der Waals surface area contributed by atoms with Crippen LogP contribution in [0.2, 0.25) is 5.02 Å². The second-order valence-corrected chi connectivity index (χ2v) is 7.38. The Morgan fingerprint density at radius 3 is 2.36 bits per heavy atom. The molecule has 2 aliphatic rings. The molecule has 0 N–H and O–H groups in total. The van der Waals surface area contributed by atoms with Crippen molar-refractivity contribution in [2.45, 2.75) is 37.6 Å². The van der Waals surface area contributed by atoms with Gasteiger partial charge in [-0.2, -0.15) is 5.10 Å². The summed E-state index contributed by atoms with van der Waals surface area (Å²) in [5, 5.41) is 5.11. The summed E-state index contributed by atoms with van der Waals surface area (Å²) in [7, 11) is 1.71. The molecule has 2 heterocycles. The number of aryl methyl sites for hydroxylation is 1. The summed E-state index contributed by atoms with van der Waals surface area (Å²) < 4.78 is 3.32. The van der Waals surface area contributed by atoms with E-state index in [1.807, 2.05) is 9.47 Å². The molecule has 1 aromatic carbocycles. The van der Waals surface area contributed by atoms with E-state index < -0.39 is 0 Å². The van der Waals surface area contributed by atoms with Crippen LogP contribution in [-0.2, 0) is 7.05 Å². The van der Waals surface area contributed by atoms with Crippen LogP contribution in [0.3, 0.4) is 0 Å². The van der Waals surface area contributed by atoms with E-state index >= 15 is 0 Å². The molecule has 1 saturated carbocycles. The molecule has 132 valence electrons. The SMILES string of the molecule is Cn1nc(C2CCN(C(=O)c3ccc(Cl)cc3)CC2)n(C2CC2)c1=O. The number of nitrogens with zero attached hydrogens (tertiary/aromatic N) is 4. The summed E-state index contributed by atoms with van der Waals surface area (Å²) in [6.45, 7) is 1.36. The number of benzene rings is 1. The monoisotopic (exact) mass is 360 g/mol. The molecule has 2 fully saturated rings. The minimum Gasteiger partial charge on any atom is -0.339 e. The molecule has 4 rings (SSSR count). The van der Waals surface area contributed by atoms with Crippen molar-refractivity contribution in [3.63, 3.8) is 0 Å². The first-order valence-electron chi connectivity index (χ1n) is 8.75. The fourth-order valence-corrected chi connectivity index (χ4v) is 3.69. The maximum atomic E-state index is 12.6. The van der Waals surface area contributed by atoms with Gasteiger partial charge in [-0.25, -0.2) is 9.48 Å². The normalized spacial score (nSPS) is 18.6. The fourth-order valence-electron chi connectivity index (χ4n) is 3.57. The van der Waals surface area contributed by atoms with Crippen molar-refractivity contribution in [2.24, 2.45) is 7.05 Å². The molecule has 2 aromatic rings. The number of hydrogen-bond donors (Lipinski definition) is 0. The summed E-state index contributed by atoms with van der Waals surface area (Å²) in [6, 6.07) is 7.33. The molecule has 6 nitrogen and oxygen atoms in total. The number of hydrogen-bond acceptors (Lipinski definition) is 3. The highest BCUT2D eigenvalue weighted by atomic mass is 35.5. The van der Waals surface area contributed by atoms with Gasteiger partial charge in [-0.3, -0.25) is 9.36 Å². The quantitative estimate of drug-likeness (QED) is 0.845. The Bertz CT molecular complexity index is 843. The average Bonchev–Trinajstić information content (AvgIpc) is 3.41. The van der Waals surface area contributed by atoms with Gasteiger partial charge in [0.25, 0.3) is 5.91 Å². The Labute approximate surface area is 151 Å². The number of amides is 1. The van der Waals surface area contributed by atoms with E-state index in [4.69, 9.17) is 11.6 Å². The van der Waals surface area contributed by atoms with Crippen molar-refractivity contribution in [3.8, 4) is 0 Å². The Balaban J connectivity index is 1.47. The zero-order valence-corrected chi connectivity index (χ0v) is 14.9. The molecule has 0 radical (unpaired) electrons. The number of carbonyl (C=O) groups is 1. The predicted molar refractivity (Wildman–Crippen MR) is 95.1 cm³/mol. The number of piperidine rings is 1. The molecule has 7 heteroatoms. The largest absolute Gasteiger partial charge is 0.345 e. The standard InChI is InChI=1S/C18H21ClN4O2/c1-21-18(25)23(15-6-7-15)16(20-21)12-8-10-22(11-9-12)17(24)13-2-4-14(19)5-3-13/h2-5,12,15H,6-11H2,1H3. The molecule has 0 unspecified atom stereocenters. The first-order valence-corrected chi connectivity index (χ1v) is 9.12. The second-order valence-electron chi connectivity index (χ2n) is 6.94. The summed E-state index contributed by atoms with van der Waals surface area (Å²) in [4.78, 5) is 26.8. The summed E-state index contributed by atoms with van der Waals surface area (Å²) in [5.41, 5.74) is 0.646. The van der Waals surface area contributed by atoms with Crippen molar-refractivity contribution in [1.29, 1.82) is 0 Å². The minimum atomic E-state index is -0.0165. The van der Waals surface area contributed by atoms with Crippen LogP contribution in [-0.4, -0.2) is 38.2 Å². The lowest BCUT2D eigenvalue weighted by molar-refractivity contribution is 0.0710. The number of aromatic nitrogens is 3. The van der Waals surface area contributed by atoms with Crippen LogP contribution in [0.15, 0.2) is 29.1 Å². The van der Waals surface area contributed by atoms with E-state index in [1.165, 1.54) is 4.68 Å². The maximum Gasteiger partial charge on any atom is 0.345 e. The molecule has 0 atom stereocenters. The van der Waals surface area contributed by atoms with Crippen LogP contribution in [0, 0.1) is 0 Å². The summed E-state index contributed by atoms with van der Waals surface area (Å²) >= 11 is 5.89. The van der Waals surface area contributed by atoms with Crippen LogP contribution < -0.4 is 5.69 Å². The molecule has 1 aromatic heterocycles. The second kappa shape index (κ2) is 6.33. The van der Waals surface area contributed by atoms with E-state index in [0.29, 0.717) is 29.7 Å². The Morgan fingerprint density at radius 2 is 1.76 bits per heavy atom. The van der Waals surface area contributed by atoms with E-state index in [9.17, 15) is 9.59 Å². The van der Waals surface area contributed by atoms with Gasteiger partial charge < -0.3 is 4.90 Å². The molecular formula is C18H21ClN4O2. The van der Waals surface area contributed by atoms with Gasteiger partial charge in [0.05, 0.1) is 0 Å². The van der Waals surface area contributed by atoms with Crippen molar-refractivity contribution in [1.82, 2.24) is 19.2 Å². The van der Waals surface area contributed by atoms with Crippen LogP contribution >= 0.6 is 11.6 Å². The number of likely N-dealkylation sites (tertiary alicyclic amines) is 1. The van der Waals surface area contributed by atoms with E-state index in [-0.39, 0.29) is 17.5 Å². The van der Waals surface area contributed by atoms with Gasteiger partial charge >= 0.3 is 5.69 Å². The maximum absolute atomic E-state index is 12.6. The van der Waals surface area contributed by atoms with Gasteiger partial charge in [-0.1, -0.05) is 11.6 Å². The van der Waals surface area contributed by atoms with Crippen LogP contribution in [0.25, 0.3) is 0 Å². The Hall–Kier alpha value is -2.08. The average molecular weight is 361 g/mol. The van der Waals surface area contributed by atoms with Gasteiger partial charge in [-0.15, -0.1) is 0 Å². The van der Waals surface area contributed by atoms with E-state index in [2.05, 4.69) is 5.10 Å². The van der Waals surface area contributed by atoms with Crippen molar-refractivity contribution in [3.05, 3.63) is 51.2 Å². The Kier molecular flexibility index (Phi) is 4.15. The Morgan fingerprint density at radius 1 is 1.12 bits per heavy atom. The van der Waals surface area contributed by atoms with Gasteiger partial charge in [0, 0.05) is 42.7 Å². The third-order valence-electron chi connectivity index (χ3n) is 5.13. The van der Waals surface area contributed by atoms with E-state index in [0.717, 1.165) is 31.5 Å². The molecule has 0 spiro atoms. The first kappa shape index (κ1) is 16.4. The number of carbonyl (C=O) groups excluding carboxylic acids is 1. The zero-order chi connectivity index (χ0) is 17.6. The van der Waals surface area contributed by atoms with Crippen LogP contribution in [0.5, 0.6) is 0 Å².